The van der Waals surface area contributed by atoms with Gasteiger partial charge in [-0.15, -0.1) is 0 Å². The Kier molecular flexibility index (Phi) is 3.97. The topological polar surface area (TPSA) is 24.9 Å². The Hall–Kier alpha value is -1.42. The highest BCUT2D eigenvalue weighted by molar-refractivity contribution is 9.10. The van der Waals surface area contributed by atoms with Crippen LogP contribution in [-0.2, 0) is 0 Å². The van der Waals surface area contributed by atoms with Crippen molar-refractivity contribution < 1.29 is 4.39 Å². The number of hydrogen-bond donors (Lipinski definition) is 1. The lowest BCUT2D eigenvalue weighted by molar-refractivity contribution is 0.620. The monoisotopic (exact) mass is 308 g/mol. The zero-order valence-electron chi connectivity index (χ0n) is 10.2. The average molecular weight is 309 g/mol. The van der Waals surface area contributed by atoms with Crippen molar-refractivity contribution >= 4 is 21.7 Å². The molecule has 2 nitrogen and oxygen atoms in total. The summed E-state index contributed by atoms with van der Waals surface area (Å²) in [5, 5.41) is 3.07. The standard InChI is InChI=1S/C14H14BrFN2/c1-9-3-5-11(6-4-9)10(2)18-14-13(16)7-12(15)8-17-14/h3-8,10H,1-2H3,(H,17,18). The highest BCUT2D eigenvalue weighted by Gasteiger charge is 2.09. The van der Waals surface area contributed by atoms with Gasteiger partial charge in [-0.25, -0.2) is 9.37 Å². The molecule has 1 aromatic carbocycles. The fraction of sp³-hybridized carbons (Fsp3) is 0.214. The highest BCUT2D eigenvalue weighted by Crippen LogP contribution is 2.22. The molecule has 1 N–H and O–H groups in total. The van der Waals surface area contributed by atoms with Crippen molar-refractivity contribution in [2.75, 3.05) is 5.32 Å². The number of benzene rings is 1. The summed E-state index contributed by atoms with van der Waals surface area (Å²) < 4.78 is 14.3. The molecule has 0 fully saturated rings. The van der Waals surface area contributed by atoms with Crippen molar-refractivity contribution in [1.29, 1.82) is 0 Å². The Morgan fingerprint density at radius 3 is 2.56 bits per heavy atom. The van der Waals surface area contributed by atoms with E-state index in [1.54, 1.807) is 6.20 Å². The second-order valence-corrected chi connectivity index (χ2v) is 5.18. The summed E-state index contributed by atoms with van der Waals surface area (Å²) in [6.07, 6.45) is 1.58. The maximum Gasteiger partial charge on any atom is 0.166 e. The van der Waals surface area contributed by atoms with Crippen molar-refractivity contribution in [2.45, 2.75) is 19.9 Å². The summed E-state index contributed by atoms with van der Waals surface area (Å²) in [5.74, 6) is -0.0883. The van der Waals surface area contributed by atoms with E-state index in [2.05, 4.69) is 26.2 Å². The second kappa shape index (κ2) is 5.48. The van der Waals surface area contributed by atoms with Crippen LogP contribution in [0.1, 0.15) is 24.1 Å². The van der Waals surface area contributed by atoms with Crippen molar-refractivity contribution in [3.63, 3.8) is 0 Å². The molecule has 0 saturated heterocycles. The minimum atomic E-state index is -0.358. The molecule has 94 valence electrons. The summed E-state index contributed by atoms with van der Waals surface area (Å²) in [6.45, 7) is 4.02. The maximum absolute atomic E-state index is 13.6. The number of aromatic nitrogens is 1. The predicted octanol–water partition coefficient (Wildman–Crippen LogP) is 4.46. The maximum atomic E-state index is 13.6. The molecule has 1 atom stereocenters. The Bertz CT molecular complexity index is 540. The molecule has 0 spiro atoms. The van der Waals surface area contributed by atoms with Crippen molar-refractivity contribution in [3.8, 4) is 0 Å². The number of nitrogens with zero attached hydrogens (tertiary/aromatic N) is 1. The van der Waals surface area contributed by atoms with Crippen LogP contribution in [0.3, 0.4) is 0 Å². The number of nitrogens with one attached hydrogen (secondary N) is 1. The van der Waals surface area contributed by atoms with E-state index in [4.69, 9.17) is 0 Å². The first-order chi connectivity index (χ1) is 8.56. The van der Waals surface area contributed by atoms with Gasteiger partial charge in [0.2, 0.25) is 0 Å². The molecule has 1 unspecified atom stereocenters. The van der Waals surface area contributed by atoms with E-state index >= 15 is 0 Å². The van der Waals surface area contributed by atoms with Gasteiger partial charge in [-0.1, -0.05) is 29.8 Å². The van der Waals surface area contributed by atoms with Crippen LogP contribution >= 0.6 is 15.9 Å². The number of aryl methyl sites for hydroxylation is 1. The van der Waals surface area contributed by atoms with Gasteiger partial charge in [-0.05, 0) is 41.4 Å². The van der Waals surface area contributed by atoms with Gasteiger partial charge in [-0.2, -0.15) is 0 Å². The lowest BCUT2D eigenvalue weighted by atomic mass is 10.1. The molecule has 0 amide bonds. The molecular formula is C14H14BrFN2. The van der Waals surface area contributed by atoms with E-state index in [9.17, 15) is 4.39 Å². The first-order valence-corrected chi connectivity index (χ1v) is 6.49. The molecule has 2 aromatic rings. The van der Waals surface area contributed by atoms with Crippen LogP contribution in [-0.4, -0.2) is 4.98 Å². The molecule has 1 aromatic heterocycles. The predicted molar refractivity (Wildman–Crippen MR) is 75.1 cm³/mol. The first kappa shape index (κ1) is 13.0. The van der Waals surface area contributed by atoms with Crippen LogP contribution in [0.15, 0.2) is 41.0 Å². The molecule has 4 heteroatoms. The third-order valence-electron chi connectivity index (χ3n) is 2.74. The van der Waals surface area contributed by atoms with Gasteiger partial charge in [0, 0.05) is 10.7 Å². The quantitative estimate of drug-likeness (QED) is 0.905. The molecule has 0 bridgehead atoms. The molecule has 0 radical (unpaired) electrons. The normalized spacial score (nSPS) is 12.2. The summed E-state index contributed by atoms with van der Waals surface area (Å²) >= 11 is 3.19. The Morgan fingerprint density at radius 1 is 1.28 bits per heavy atom. The molecule has 2 rings (SSSR count). The number of anilines is 1. The van der Waals surface area contributed by atoms with Gasteiger partial charge < -0.3 is 5.32 Å². The minimum absolute atomic E-state index is 0.00813. The van der Waals surface area contributed by atoms with E-state index in [0.29, 0.717) is 4.47 Å². The van der Waals surface area contributed by atoms with Crippen molar-refractivity contribution in [3.05, 3.63) is 57.9 Å². The highest BCUT2D eigenvalue weighted by atomic mass is 79.9. The number of pyridine rings is 1. The third-order valence-corrected chi connectivity index (χ3v) is 3.17. The number of halogens is 2. The Balaban J connectivity index is 2.15. The molecule has 1 heterocycles. The molecule has 0 aliphatic carbocycles. The van der Waals surface area contributed by atoms with Gasteiger partial charge in [0.05, 0.1) is 6.04 Å². The van der Waals surface area contributed by atoms with Crippen LogP contribution < -0.4 is 5.32 Å². The SMILES string of the molecule is Cc1ccc(C(C)Nc2ncc(Br)cc2F)cc1. The fourth-order valence-electron chi connectivity index (χ4n) is 1.66. The Labute approximate surface area is 114 Å². The first-order valence-electron chi connectivity index (χ1n) is 5.70. The summed E-state index contributed by atoms with van der Waals surface area (Å²) in [6, 6.07) is 9.55. The second-order valence-electron chi connectivity index (χ2n) is 4.26. The van der Waals surface area contributed by atoms with E-state index < -0.39 is 0 Å². The van der Waals surface area contributed by atoms with Gasteiger partial charge in [0.15, 0.2) is 11.6 Å². The summed E-state index contributed by atoms with van der Waals surface area (Å²) in [5.41, 5.74) is 2.31. The third kappa shape index (κ3) is 3.07. The minimum Gasteiger partial charge on any atom is -0.361 e. The van der Waals surface area contributed by atoms with Gasteiger partial charge in [0.25, 0.3) is 0 Å². The van der Waals surface area contributed by atoms with Crippen molar-refractivity contribution in [2.24, 2.45) is 0 Å². The zero-order valence-corrected chi connectivity index (χ0v) is 11.8. The zero-order chi connectivity index (χ0) is 13.1. The van der Waals surface area contributed by atoms with Gasteiger partial charge in [-0.3, -0.25) is 0 Å². The smallest absolute Gasteiger partial charge is 0.166 e. The lowest BCUT2D eigenvalue weighted by Crippen LogP contribution is -2.09. The fourth-order valence-corrected chi connectivity index (χ4v) is 1.97. The van der Waals surface area contributed by atoms with E-state index in [1.165, 1.54) is 11.6 Å². The van der Waals surface area contributed by atoms with Crippen LogP contribution in [0.5, 0.6) is 0 Å². The van der Waals surface area contributed by atoms with Gasteiger partial charge >= 0.3 is 0 Å². The molecule has 0 saturated carbocycles. The van der Waals surface area contributed by atoms with Crippen molar-refractivity contribution in [1.82, 2.24) is 4.98 Å². The van der Waals surface area contributed by atoms with E-state index in [-0.39, 0.29) is 17.7 Å². The van der Waals surface area contributed by atoms with Crippen LogP contribution in [0.2, 0.25) is 0 Å². The van der Waals surface area contributed by atoms with Gasteiger partial charge in [0.1, 0.15) is 0 Å². The van der Waals surface area contributed by atoms with E-state index in [1.807, 2.05) is 38.1 Å². The number of rotatable bonds is 3. The summed E-state index contributed by atoms with van der Waals surface area (Å²) in [7, 11) is 0. The van der Waals surface area contributed by atoms with Crippen LogP contribution in [0, 0.1) is 12.7 Å². The Morgan fingerprint density at radius 2 is 1.94 bits per heavy atom. The van der Waals surface area contributed by atoms with E-state index in [0.717, 1.165) is 5.56 Å². The molecule has 0 aliphatic rings. The number of hydrogen-bond acceptors (Lipinski definition) is 2. The lowest BCUT2D eigenvalue weighted by Gasteiger charge is -2.15. The van der Waals surface area contributed by atoms with Crippen LogP contribution in [0.4, 0.5) is 10.2 Å². The average Bonchev–Trinajstić information content (AvgIpc) is 2.33. The van der Waals surface area contributed by atoms with Crippen LogP contribution in [0.25, 0.3) is 0 Å². The summed E-state index contributed by atoms with van der Waals surface area (Å²) in [4.78, 5) is 4.03. The molecular weight excluding hydrogens is 295 g/mol. The molecule has 0 aliphatic heterocycles. The molecule has 18 heavy (non-hydrogen) atoms. The largest absolute Gasteiger partial charge is 0.361 e.